The molecular weight excluding hydrogens is 312 g/mol. The summed E-state index contributed by atoms with van der Waals surface area (Å²) in [4.78, 5) is 13.9. The van der Waals surface area contributed by atoms with E-state index in [2.05, 4.69) is 5.32 Å². The fourth-order valence-electron chi connectivity index (χ4n) is 2.61. The van der Waals surface area contributed by atoms with Crippen molar-refractivity contribution in [1.29, 1.82) is 0 Å². The second-order valence-electron chi connectivity index (χ2n) is 5.56. The van der Waals surface area contributed by atoms with Gasteiger partial charge in [-0.2, -0.15) is 0 Å². The van der Waals surface area contributed by atoms with Gasteiger partial charge in [-0.1, -0.05) is 48.0 Å². The highest BCUT2D eigenvalue weighted by Crippen LogP contribution is 2.21. The van der Waals surface area contributed by atoms with Gasteiger partial charge in [0.15, 0.2) is 0 Å². The molecule has 1 saturated heterocycles. The van der Waals surface area contributed by atoms with Gasteiger partial charge in [-0.3, -0.25) is 4.79 Å². The Hall–Kier alpha value is -1.88. The second kappa shape index (κ2) is 7.59. The number of piperazine rings is 1. The number of hydrogen-bond acceptors (Lipinski definition) is 3. The number of nitrogens with zero attached hydrogens (tertiary/aromatic N) is 1. The summed E-state index contributed by atoms with van der Waals surface area (Å²) in [5.41, 5.74) is 1.98. The van der Waals surface area contributed by atoms with E-state index < -0.39 is 0 Å². The number of hydrogen-bond donors (Lipinski definition) is 1. The molecule has 1 aliphatic rings. The van der Waals surface area contributed by atoms with Crippen LogP contribution in [0.4, 0.5) is 5.69 Å². The quantitative estimate of drug-likeness (QED) is 0.916. The summed E-state index contributed by atoms with van der Waals surface area (Å²) in [5, 5.41) is 3.85. The van der Waals surface area contributed by atoms with Crippen LogP contribution in [-0.2, 0) is 16.1 Å². The van der Waals surface area contributed by atoms with Crippen molar-refractivity contribution in [1.82, 2.24) is 5.32 Å². The van der Waals surface area contributed by atoms with Crippen LogP contribution in [-0.4, -0.2) is 31.6 Å². The van der Waals surface area contributed by atoms with Gasteiger partial charge < -0.3 is 15.0 Å². The molecule has 1 unspecified atom stereocenters. The number of rotatable bonds is 5. The predicted octanol–water partition coefficient (Wildman–Crippen LogP) is 2.86. The van der Waals surface area contributed by atoms with E-state index >= 15 is 0 Å². The average molecular weight is 331 g/mol. The maximum Gasteiger partial charge on any atom is 0.241 e. The molecule has 0 aliphatic carbocycles. The fourth-order valence-corrected chi connectivity index (χ4v) is 2.80. The largest absolute Gasteiger partial charge is 0.375 e. The van der Waals surface area contributed by atoms with Crippen molar-refractivity contribution in [3.63, 3.8) is 0 Å². The van der Waals surface area contributed by atoms with Crippen LogP contribution in [0.1, 0.15) is 5.56 Å². The number of carbonyl (C=O) groups is 1. The van der Waals surface area contributed by atoms with Crippen molar-refractivity contribution >= 4 is 23.2 Å². The van der Waals surface area contributed by atoms with Crippen LogP contribution in [0.2, 0.25) is 5.02 Å². The number of anilines is 1. The highest BCUT2D eigenvalue weighted by atomic mass is 35.5. The smallest absolute Gasteiger partial charge is 0.241 e. The Bertz CT molecular complexity index is 663. The molecule has 1 fully saturated rings. The Kier molecular flexibility index (Phi) is 5.28. The first-order chi connectivity index (χ1) is 11.2. The summed E-state index contributed by atoms with van der Waals surface area (Å²) in [6.07, 6.45) is 0. The fraction of sp³-hybridized carbons (Fsp3) is 0.278. The Morgan fingerprint density at radius 1 is 1.17 bits per heavy atom. The third kappa shape index (κ3) is 4.32. The number of benzene rings is 2. The van der Waals surface area contributed by atoms with E-state index in [1.807, 2.05) is 48.5 Å². The molecule has 1 aliphatic heterocycles. The van der Waals surface area contributed by atoms with Gasteiger partial charge in [0.1, 0.15) is 0 Å². The monoisotopic (exact) mass is 330 g/mol. The van der Waals surface area contributed by atoms with Gasteiger partial charge in [0.2, 0.25) is 5.91 Å². The van der Waals surface area contributed by atoms with E-state index in [1.165, 1.54) is 0 Å². The lowest BCUT2D eigenvalue weighted by Crippen LogP contribution is -2.55. The molecule has 3 rings (SSSR count). The molecule has 0 radical (unpaired) electrons. The third-order valence-corrected chi connectivity index (χ3v) is 4.03. The van der Waals surface area contributed by atoms with Crippen molar-refractivity contribution < 1.29 is 9.53 Å². The minimum Gasteiger partial charge on any atom is -0.375 e. The molecule has 1 heterocycles. The normalized spacial score (nSPS) is 18.2. The molecule has 2 aromatic rings. The van der Waals surface area contributed by atoms with Crippen molar-refractivity contribution in [2.24, 2.45) is 0 Å². The van der Waals surface area contributed by atoms with Crippen LogP contribution in [0.15, 0.2) is 54.6 Å². The Balaban J connectivity index is 1.56. The lowest BCUT2D eigenvalue weighted by Gasteiger charge is -2.33. The molecule has 2 aromatic carbocycles. The molecule has 23 heavy (non-hydrogen) atoms. The first-order valence-corrected chi connectivity index (χ1v) is 8.01. The molecule has 5 heteroatoms. The van der Waals surface area contributed by atoms with Crippen molar-refractivity contribution in [3.8, 4) is 0 Å². The van der Waals surface area contributed by atoms with Crippen LogP contribution >= 0.6 is 11.6 Å². The van der Waals surface area contributed by atoms with E-state index in [-0.39, 0.29) is 11.9 Å². The van der Waals surface area contributed by atoms with E-state index in [1.54, 1.807) is 11.0 Å². The van der Waals surface area contributed by atoms with Crippen LogP contribution in [0, 0.1) is 0 Å². The van der Waals surface area contributed by atoms with Crippen molar-refractivity contribution in [2.45, 2.75) is 12.6 Å². The average Bonchev–Trinajstić information content (AvgIpc) is 2.57. The highest BCUT2D eigenvalue weighted by molar-refractivity contribution is 6.30. The molecular formula is C18H19ClN2O2. The Morgan fingerprint density at radius 2 is 2.00 bits per heavy atom. The van der Waals surface area contributed by atoms with E-state index in [9.17, 15) is 4.79 Å². The zero-order valence-electron chi connectivity index (χ0n) is 12.7. The number of halogens is 1. The van der Waals surface area contributed by atoms with Crippen molar-refractivity contribution in [3.05, 3.63) is 65.2 Å². The first kappa shape index (κ1) is 16.0. The molecule has 1 amide bonds. The molecule has 0 bridgehead atoms. The summed E-state index contributed by atoms with van der Waals surface area (Å²) in [5.74, 6) is 0.0478. The van der Waals surface area contributed by atoms with Crippen LogP contribution < -0.4 is 10.2 Å². The van der Waals surface area contributed by atoms with Gasteiger partial charge in [-0.15, -0.1) is 0 Å². The van der Waals surface area contributed by atoms with Gasteiger partial charge >= 0.3 is 0 Å². The first-order valence-electron chi connectivity index (χ1n) is 7.63. The zero-order chi connectivity index (χ0) is 16.1. The second-order valence-corrected chi connectivity index (χ2v) is 6.00. The number of carbonyl (C=O) groups excluding carboxylic acids is 1. The highest BCUT2D eigenvalue weighted by Gasteiger charge is 2.26. The third-order valence-electron chi connectivity index (χ3n) is 3.80. The van der Waals surface area contributed by atoms with Gasteiger partial charge in [-0.25, -0.2) is 0 Å². The molecule has 120 valence electrons. The Morgan fingerprint density at radius 3 is 2.78 bits per heavy atom. The van der Waals surface area contributed by atoms with Gasteiger partial charge in [0.25, 0.3) is 0 Å². The number of nitrogens with one attached hydrogen (secondary N) is 1. The molecule has 1 N–H and O–H groups in total. The summed E-state index contributed by atoms with van der Waals surface area (Å²) >= 11 is 6.02. The van der Waals surface area contributed by atoms with Crippen molar-refractivity contribution in [2.75, 3.05) is 24.6 Å². The maximum absolute atomic E-state index is 12.1. The predicted molar refractivity (Wildman–Crippen MR) is 91.7 cm³/mol. The molecule has 4 nitrogen and oxygen atoms in total. The molecule has 1 atom stereocenters. The van der Waals surface area contributed by atoms with Crippen LogP contribution in [0.25, 0.3) is 0 Å². The summed E-state index contributed by atoms with van der Waals surface area (Å²) < 4.78 is 5.78. The number of amides is 1. The summed E-state index contributed by atoms with van der Waals surface area (Å²) in [7, 11) is 0. The minimum absolute atomic E-state index is 0.0478. The summed E-state index contributed by atoms with van der Waals surface area (Å²) in [6, 6.07) is 17.5. The van der Waals surface area contributed by atoms with Gasteiger partial charge in [0.05, 0.1) is 19.8 Å². The lowest BCUT2D eigenvalue weighted by atomic mass is 10.2. The Labute approximate surface area is 141 Å². The van der Waals surface area contributed by atoms with E-state index in [0.717, 1.165) is 11.3 Å². The summed E-state index contributed by atoms with van der Waals surface area (Å²) in [6.45, 7) is 2.02. The molecule has 0 aromatic heterocycles. The zero-order valence-corrected chi connectivity index (χ0v) is 13.5. The molecule has 0 spiro atoms. The standard InChI is InChI=1S/C18H19ClN2O2/c19-15-7-4-8-17(9-15)21-11-16(20-10-18(21)22)13-23-12-14-5-2-1-3-6-14/h1-9,16,20H,10-13H2. The van der Waals surface area contributed by atoms with Crippen LogP contribution in [0.5, 0.6) is 0 Å². The van der Waals surface area contributed by atoms with Gasteiger partial charge in [-0.05, 0) is 23.8 Å². The SMILES string of the molecule is O=C1CNC(COCc2ccccc2)CN1c1cccc(Cl)c1. The van der Waals surface area contributed by atoms with E-state index in [4.69, 9.17) is 16.3 Å². The minimum atomic E-state index is 0.0478. The van der Waals surface area contributed by atoms with Crippen LogP contribution in [0.3, 0.4) is 0 Å². The topological polar surface area (TPSA) is 41.6 Å². The molecule has 0 saturated carbocycles. The lowest BCUT2D eigenvalue weighted by molar-refractivity contribution is -0.119. The maximum atomic E-state index is 12.1. The number of ether oxygens (including phenoxy) is 1. The van der Waals surface area contributed by atoms with Gasteiger partial charge in [0, 0.05) is 23.3 Å². The van der Waals surface area contributed by atoms with E-state index in [0.29, 0.717) is 31.3 Å².